The van der Waals surface area contributed by atoms with Crippen molar-refractivity contribution in [3.05, 3.63) is 47.3 Å². The van der Waals surface area contributed by atoms with E-state index in [1.165, 1.54) is 12.1 Å². The molecule has 6 atom stereocenters. The van der Waals surface area contributed by atoms with Crippen LogP contribution in [0.1, 0.15) is 52.0 Å². The Morgan fingerprint density at radius 3 is 2.37 bits per heavy atom. The maximum atomic E-state index is 15.0. The topological polar surface area (TPSA) is 112 Å². The highest BCUT2D eigenvalue weighted by Crippen LogP contribution is 2.28. The first-order valence-corrected chi connectivity index (χ1v) is 17.8. The third kappa shape index (κ3) is 10.0. The van der Waals surface area contributed by atoms with Gasteiger partial charge in [-0.1, -0.05) is 26.0 Å². The highest BCUT2D eigenvalue weighted by molar-refractivity contribution is 5.79. The van der Waals surface area contributed by atoms with Crippen LogP contribution in [0, 0.1) is 23.6 Å². The average molecular weight is 685 g/mol. The van der Waals surface area contributed by atoms with Crippen LogP contribution in [0.15, 0.2) is 35.9 Å². The molecule has 3 fully saturated rings. The number of likely N-dealkylation sites (N-methyl/N-ethyl adjacent to an activating group) is 1. The van der Waals surface area contributed by atoms with Crippen molar-refractivity contribution in [1.29, 1.82) is 0 Å². The second kappa shape index (κ2) is 17.0. The Morgan fingerprint density at radius 2 is 1.67 bits per heavy atom. The van der Waals surface area contributed by atoms with Crippen molar-refractivity contribution in [2.75, 3.05) is 77.5 Å². The number of aliphatic hydroxyl groups excluding tert-OH is 1. The second-order valence-electron chi connectivity index (χ2n) is 14.2. The molecule has 12 heteroatoms. The van der Waals surface area contributed by atoms with E-state index in [1.54, 1.807) is 4.90 Å². The molecule has 4 aliphatic rings. The molecule has 0 aromatic heterocycles. The number of carbonyl (C=O) groups excluding carboxylic acids is 3. The zero-order chi connectivity index (χ0) is 35.1. The number of halogens is 1. The van der Waals surface area contributed by atoms with Crippen LogP contribution in [-0.2, 0) is 23.8 Å². The lowest BCUT2D eigenvalue weighted by atomic mass is 9.91. The summed E-state index contributed by atoms with van der Waals surface area (Å²) in [5, 5.41) is 10.7. The average Bonchev–Trinajstić information content (AvgIpc) is 3.62. The Kier molecular flexibility index (Phi) is 12.7. The second-order valence-corrected chi connectivity index (χ2v) is 14.2. The zero-order valence-electron chi connectivity index (χ0n) is 29.4. The van der Waals surface area contributed by atoms with Gasteiger partial charge in [-0.15, -0.1) is 0 Å². The summed E-state index contributed by atoms with van der Waals surface area (Å²) in [6.07, 6.45) is 4.70. The van der Waals surface area contributed by atoms with Crippen LogP contribution in [0.4, 0.5) is 14.9 Å². The van der Waals surface area contributed by atoms with Gasteiger partial charge in [0.2, 0.25) is 5.91 Å². The van der Waals surface area contributed by atoms with E-state index in [2.05, 4.69) is 9.80 Å². The molecule has 1 aromatic rings. The highest BCUT2D eigenvalue weighted by Gasteiger charge is 2.31. The minimum Gasteiger partial charge on any atom is -0.457 e. The lowest BCUT2D eigenvalue weighted by molar-refractivity contribution is -0.151. The largest absolute Gasteiger partial charge is 0.457 e. The van der Waals surface area contributed by atoms with Crippen LogP contribution in [0.3, 0.4) is 0 Å². The Labute approximate surface area is 289 Å². The summed E-state index contributed by atoms with van der Waals surface area (Å²) in [6, 6.07) is 4.86. The number of hydrogen-bond donors (Lipinski definition) is 1. The predicted molar refractivity (Wildman–Crippen MR) is 184 cm³/mol. The molecule has 1 aromatic carbocycles. The number of anilines is 1. The normalized spacial score (nSPS) is 30.3. The van der Waals surface area contributed by atoms with Gasteiger partial charge in [-0.3, -0.25) is 9.59 Å². The first kappa shape index (κ1) is 36.8. The number of cyclic esters (lactones) is 1. The molecule has 0 aliphatic carbocycles. The maximum absolute atomic E-state index is 15.0. The summed E-state index contributed by atoms with van der Waals surface area (Å²) < 4.78 is 32.4. The molecule has 5 rings (SSSR count). The summed E-state index contributed by atoms with van der Waals surface area (Å²) in [7, 11) is 2.03. The van der Waals surface area contributed by atoms with E-state index in [-0.39, 0.29) is 42.0 Å². The fraction of sp³-hybridized carbons (Fsp3) is 0.649. The third-order valence-electron chi connectivity index (χ3n) is 10.2. The van der Waals surface area contributed by atoms with Crippen molar-refractivity contribution in [2.24, 2.45) is 17.8 Å². The summed E-state index contributed by atoms with van der Waals surface area (Å²) in [5.41, 5.74) is 2.06. The van der Waals surface area contributed by atoms with Gasteiger partial charge in [-0.25, -0.2) is 9.18 Å². The van der Waals surface area contributed by atoms with Gasteiger partial charge in [0.15, 0.2) is 0 Å². The van der Waals surface area contributed by atoms with Crippen molar-refractivity contribution in [2.45, 2.75) is 64.8 Å². The van der Waals surface area contributed by atoms with E-state index >= 15 is 0 Å². The van der Waals surface area contributed by atoms with Crippen molar-refractivity contribution < 1.29 is 38.1 Å². The van der Waals surface area contributed by atoms with Crippen LogP contribution < -0.4 is 4.90 Å². The number of benzene rings is 1. The van der Waals surface area contributed by atoms with E-state index in [4.69, 9.17) is 14.2 Å². The monoisotopic (exact) mass is 684 g/mol. The van der Waals surface area contributed by atoms with Crippen LogP contribution in [0.5, 0.6) is 0 Å². The smallest absolute Gasteiger partial charge is 0.410 e. The molecule has 3 saturated heterocycles. The quantitative estimate of drug-likeness (QED) is 0.364. The number of hydrogen-bond acceptors (Lipinski definition) is 9. The Bertz CT molecular complexity index is 1370. The third-order valence-corrected chi connectivity index (χ3v) is 10.2. The SMILES string of the molecule is C/C(=C\c1cc(F)cc(N2CCN(C(=O)C3CCOC3)CC2)c1)[C@H]1OC(=O)C[C@H](O)CC[C@H](C)[C@H](OC(=O)N2CCN(C)CC2)/C=C/[C@@H]1C. The maximum Gasteiger partial charge on any atom is 0.410 e. The lowest BCUT2D eigenvalue weighted by Crippen LogP contribution is -2.50. The summed E-state index contributed by atoms with van der Waals surface area (Å²) in [5.74, 6) is -1.22. The number of rotatable bonds is 5. The fourth-order valence-electron chi connectivity index (χ4n) is 7.01. The predicted octanol–water partition coefficient (Wildman–Crippen LogP) is 3.95. The van der Waals surface area contributed by atoms with Gasteiger partial charge >= 0.3 is 12.1 Å². The van der Waals surface area contributed by atoms with Crippen molar-refractivity contribution in [1.82, 2.24) is 14.7 Å². The molecule has 0 bridgehead atoms. The summed E-state index contributed by atoms with van der Waals surface area (Å²) in [4.78, 5) is 46.8. The molecule has 4 heterocycles. The molecule has 0 spiro atoms. The molecule has 4 aliphatic heterocycles. The molecule has 1 unspecified atom stereocenters. The van der Waals surface area contributed by atoms with Crippen molar-refractivity contribution >= 4 is 29.7 Å². The minimum atomic E-state index is -0.888. The van der Waals surface area contributed by atoms with Gasteiger partial charge in [0.1, 0.15) is 18.0 Å². The Morgan fingerprint density at radius 1 is 0.959 bits per heavy atom. The number of carbonyl (C=O) groups is 3. The number of piperazine rings is 2. The molecule has 270 valence electrons. The Hall–Kier alpha value is -3.48. The van der Waals surface area contributed by atoms with Gasteiger partial charge in [0.05, 0.1) is 25.0 Å². The molecule has 0 radical (unpaired) electrons. The van der Waals surface area contributed by atoms with Crippen molar-refractivity contribution in [3.63, 3.8) is 0 Å². The summed E-state index contributed by atoms with van der Waals surface area (Å²) >= 11 is 0. The van der Waals surface area contributed by atoms with Crippen LogP contribution in [0.2, 0.25) is 0 Å². The minimum absolute atomic E-state index is 0.0720. The number of amides is 2. The molecule has 2 amide bonds. The molecular weight excluding hydrogens is 631 g/mol. The highest BCUT2D eigenvalue weighted by atomic mass is 19.1. The number of nitrogens with zero attached hydrogens (tertiary/aromatic N) is 4. The van der Waals surface area contributed by atoms with E-state index in [0.29, 0.717) is 76.5 Å². The van der Waals surface area contributed by atoms with E-state index in [0.717, 1.165) is 25.2 Å². The molecule has 1 N–H and O–H groups in total. The van der Waals surface area contributed by atoms with E-state index in [1.807, 2.05) is 57.0 Å². The first-order chi connectivity index (χ1) is 23.5. The molecule has 0 saturated carbocycles. The van der Waals surface area contributed by atoms with Crippen LogP contribution in [-0.4, -0.2) is 129 Å². The van der Waals surface area contributed by atoms with Gasteiger partial charge < -0.3 is 38.9 Å². The number of aliphatic hydroxyl groups is 1. The summed E-state index contributed by atoms with van der Waals surface area (Å²) in [6.45, 7) is 11.9. The van der Waals surface area contributed by atoms with Crippen molar-refractivity contribution in [3.8, 4) is 0 Å². The van der Waals surface area contributed by atoms with Gasteiger partial charge in [-0.2, -0.15) is 0 Å². The van der Waals surface area contributed by atoms with Crippen LogP contribution >= 0.6 is 0 Å². The lowest BCUT2D eigenvalue weighted by Gasteiger charge is -2.37. The molecular formula is C37H53FN4O7. The van der Waals surface area contributed by atoms with Gasteiger partial charge in [0.25, 0.3) is 0 Å². The Balaban J connectivity index is 1.30. The van der Waals surface area contributed by atoms with Gasteiger partial charge in [-0.05, 0) is 74.6 Å². The van der Waals surface area contributed by atoms with Gasteiger partial charge in [0, 0.05) is 70.6 Å². The fourth-order valence-corrected chi connectivity index (χ4v) is 7.01. The van der Waals surface area contributed by atoms with E-state index < -0.39 is 24.3 Å². The molecule has 49 heavy (non-hydrogen) atoms. The standard InChI is InChI=1S/C37H53FN4O7/c1-25-5-7-32(43)23-34(44)49-35(26(2)6-8-33(25)48-37(46)42-12-10-39(4)11-13-42)27(3)19-28-20-30(38)22-31(21-28)40-14-16-41(17-15-40)36(45)29-9-18-47-24-29/h6,8,19-22,25-26,29,32-33,35,43H,5,7,9-18,23-24H2,1-4H3/b8-6+,27-19+/t25-,26-,29?,32+,33+,35-/m0/s1. The number of esters is 1. The van der Waals surface area contributed by atoms with E-state index in [9.17, 15) is 23.9 Å². The zero-order valence-corrected chi connectivity index (χ0v) is 29.4. The molecule has 11 nitrogen and oxygen atoms in total. The van der Waals surface area contributed by atoms with Crippen LogP contribution in [0.25, 0.3) is 6.08 Å². The number of ether oxygens (including phenoxy) is 3. The first-order valence-electron chi connectivity index (χ1n) is 17.8.